The molecule has 0 saturated carbocycles. The van der Waals surface area contributed by atoms with Crippen molar-refractivity contribution in [1.29, 1.82) is 0 Å². The molecule has 1 aromatic carbocycles. The molecule has 0 aromatic heterocycles. The summed E-state index contributed by atoms with van der Waals surface area (Å²) in [4.78, 5) is 39.2. The molecule has 4 amide bonds. The molecule has 8 nitrogen and oxygen atoms in total. The largest absolute Gasteiger partial charge is 0.497 e. The van der Waals surface area contributed by atoms with E-state index in [1.165, 1.54) is 4.90 Å². The summed E-state index contributed by atoms with van der Waals surface area (Å²) in [7, 11) is 1.60. The third-order valence-electron chi connectivity index (χ3n) is 5.01. The minimum absolute atomic E-state index is 0.156. The van der Waals surface area contributed by atoms with Gasteiger partial charge in [0.15, 0.2) is 5.50 Å². The van der Waals surface area contributed by atoms with Crippen LogP contribution in [-0.2, 0) is 16.0 Å². The van der Waals surface area contributed by atoms with Crippen LogP contribution in [0.1, 0.15) is 32.3 Å². The Morgan fingerprint density at radius 1 is 1.21 bits per heavy atom. The monoisotopic (exact) mass is 418 g/mol. The van der Waals surface area contributed by atoms with Gasteiger partial charge in [0.2, 0.25) is 5.91 Å². The average Bonchev–Trinajstić information content (AvgIpc) is 3.16. The zero-order valence-electron chi connectivity index (χ0n) is 16.8. The molecule has 0 unspecified atom stereocenters. The van der Waals surface area contributed by atoms with E-state index in [1.54, 1.807) is 18.9 Å². The fourth-order valence-electron chi connectivity index (χ4n) is 3.17. The molecular formula is C20H26N4O4S. The standard InChI is InChI=1S/C20H26N4O4S/c1-12-13(2)29-19(21-12)23-17(25)9-8-16-18(26)24(20(27)22-16)11-10-14-4-6-15(28-3)7-5-14/h4-7,16,19,21H,8-11H2,1-3H3,(H,22,27)(H,23,25)/t16-,19+/m1/s1. The maximum absolute atomic E-state index is 12.5. The molecule has 1 aromatic rings. The lowest BCUT2D eigenvalue weighted by molar-refractivity contribution is -0.127. The minimum atomic E-state index is -0.657. The molecule has 3 N–H and O–H groups in total. The van der Waals surface area contributed by atoms with Crippen molar-refractivity contribution in [3.63, 3.8) is 0 Å². The number of methoxy groups -OCH3 is 1. The Hall–Kier alpha value is -2.68. The van der Waals surface area contributed by atoms with Gasteiger partial charge in [-0.05, 0) is 44.4 Å². The molecule has 2 aliphatic heterocycles. The fraction of sp³-hybridized carbons (Fsp3) is 0.450. The normalized spacial score (nSPS) is 21.3. The van der Waals surface area contributed by atoms with Crippen LogP contribution in [0.25, 0.3) is 0 Å². The number of imide groups is 1. The molecule has 1 saturated heterocycles. The summed E-state index contributed by atoms with van der Waals surface area (Å²) < 4.78 is 5.12. The Labute approximate surface area is 174 Å². The molecule has 29 heavy (non-hydrogen) atoms. The fourth-order valence-corrected chi connectivity index (χ4v) is 4.18. The first-order chi connectivity index (χ1) is 13.9. The maximum Gasteiger partial charge on any atom is 0.324 e. The first kappa shape index (κ1) is 21.0. The van der Waals surface area contributed by atoms with Crippen LogP contribution in [0, 0.1) is 0 Å². The number of carbonyl (C=O) groups is 3. The van der Waals surface area contributed by atoms with E-state index < -0.39 is 12.1 Å². The van der Waals surface area contributed by atoms with E-state index in [1.807, 2.05) is 38.1 Å². The van der Waals surface area contributed by atoms with Crippen LogP contribution < -0.4 is 20.7 Å². The number of ether oxygens (including phenoxy) is 1. The first-order valence-electron chi connectivity index (χ1n) is 9.52. The lowest BCUT2D eigenvalue weighted by Gasteiger charge is -2.15. The summed E-state index contributed by atoms with van der Waals surface area (Å²) in [6.45, 7) is 4.25. The Balaban J connectivity index is 1.44. The molecule has 2 heterocycles. The van der Waals surface area contributed by atoms with Crippen LogP contribution in [-0.4, -0.2) is 47.9 Å². The summed E-state index contributed by atoms with van der Waals surface area (Å²) in [5, 5.41) is 8.74. The van der Waals surface area contributed by atoms with Crippen molar-refractivity contribution in [1.82, 2.24) is 20.9 Å². The van der Waals surface area contributed by atoms with E-state index in [9.17, 15) is 14.4 Å². The summed E-state index contributed by atoms with van der Waals surface area (Å²) in [5.74, 6) is 0.323. The second-order valence-corrected chi connectivity index (χ2v) is 8.34. The minimum Gasteiger partial charge on any atom is -0.497 e. The molecule has 2 aliphatic rings. The van der Waals surface area contributed by atoms with Gasteiger partial charge in [0.25, 0.3) is 5.91 Å². The van der Waals surface area contributed by atoms with Crippen LogP contribution in [0.5, 0.6) is 5.75 Å². The van der Waals surface area contributed by atoms with E-state index in [4.69, 9.17) is 4.74 Å². The second-order valence-electron chi connectivity index (χ2n) is 7.02. The lowest BCUT2D eigenvalue weighted by atomic mass is 10.1. The zero-order valence-corrected chi connectivity index (χ0v) is 17.6. The van der Waals surface area contributed by atoms with Crippen LogP contribution in [0.2, 0.25) is 0 Å². The van der Waals surface area contributed by atoms with Gasteiger partial charge in [0, 0.05) is 23.6 Å². The maximum atomic E-state index is 12.5. The quantitative estimate of drug-likeness (QED) is 0.558. The number of allylic oxidation sites excluding steroid dienone is 2. The number of hydrogen-bond acceptors (Lipinski definition) is 6. The van der Waals surface area contributed by atoms with Crippen molar-refractivity contribution in [3.05, 3.63) is 40.4 Å². The number of carbonyl (C=O) groups excluding carboxylic acids is 3. The third-order valence-corrected chi connectivity index (χ3v) is 6.14. The molecule has 9 heteroatoms. The van der Waals surface area contributed by atoms with Gasteiger partial charge in [-0.15, -0.1) is 0 Å². The van der Waals surface area contributed by atoms with Crippen LogP contribution in [0.4, 0.5) is 4.79 Å². The molecule has 2 atom stereocenters. The SMILES string of the molecule is COc1ccc(CCN2C(=O)N[C@H](CCC(=O)N[C@@H]3NC(C)=C(C)S3)C2=O)cc1. The van der Waals surface area contributed by atoms with Gasteiger partial charge in [-0.3, -0.25) is 14.5 Å². The van der Waals surface area contributed by atoms with E-state index in [0.29, 0.717) is 13.0 Å². The van der Waals surface area contributed by atoms with E-state index in [0.717, 1.165) is 21.9 Å². The summed E-state index contributed by atoms with van der Waals surface area (Å²) in [6, 6.07) is 6.45. The molecule has 3 rings (SSSR count). The highest BCUT2D eigenvalue weighted by Crippen LogP contribution is 2.27. The molecule has 0 aliphatic carbocycles. The first-order valence-corrected chi connectivity index (χ1v) is 10.4. The van der Waals surface area contributed by atoms with Crippen LogP contribution in [0.15, 0.2) is 34.9 Å². The number of rotatable bonds is 8. The summed E-state index contributed by atoms with van der Waals surface area (Å²) in [6.07, 6.45) is 1.00. The van der Waals surface area contributed by atoms with Gasteiger partial charge in [-0.2, -0.15) is 0 Å². The molecular weight excluding hydrogens is 392 g/mol. The van der Waals surface area contributed by atoms with Crippen molar-refractivity contribution in [2.24, 2.45) is 0 Å². The van der Waals surface area contributed by atoms with Crippen molar-refractivity contribution < 1.29 is 19.1 Å². The number of nitrogens with one attached hydrogen (secondary N) is 3. The van der Waals surface area contributed by atoms with Gasteiger partial charge in [-0.25, -0.2) is 4.79 Å². The van der Waals surface area contributed by atoms with Crippen molar-refractivity contribution >= 4 is 29.6 Å². The second kappa shape index (κ2) is 9.21. The molecule has 0 radical (unpaired) electrons. The number of amides is 4. The Kier molecular flexibility index (Phi) is 6.68. The smallest absolute Gasteiger partial charge is 0.324 e. The highest BCUT2D eigenvalue weighted by Gasteiger charge is 2.37. The van der Waals surface area contributed by atoms with E-state index >= 15 is 0 Å². The van der Waals surface area contributed by atoms with Crippen molar-refractivity contribution in [3.8, 4) is 5.75 Å². The molecule has 1 fully saturated rings. The van der Waals surface area contributed by atoms with Crippen LogP contribution in [0.3, 0.4) is 0 Å². The van der Waals surface area contributed by atoms with E-state index in [2.05, 4.69) is 16.0 Å². The molecule has 156 valence electrons. The van der Waals surface area contributed by atoms with E-state index in [-0.39, 0.29) is 30.2 Å². The van der Waals surface area contributed by atoms with Crippen molar-refractivity contribution in [2.45, 2.75) is 44.6 Å². The summed E-state index contributed by atoms with van der Waals surface area (Å²) in [5.41, 5.74) is 1.87. The number of urea groups is 1. The highest BCUT2D eigenvalue weighted by atomic mass is 32.2. The Morgan fingerprint density at radius 3 is 2.55 bits per heavy atom. The van der Waals surface area contributed by atoms with Gasteiger partial charge in [0.1, 0.15) is 11.8 Å². The highest BCUT2D eigenvalue weighted by molar-refractivity contribution is 8.03. The average molecular weight is 419 g/mol. The predicted octanol–water partition coefficient (Wildman–Crippen LogP) is 1.93. The van der Waals surface area contributed by atoms with Crippen LogP contribution >= 0.6 is 11.8 Å². The topological polar surface area (TPSA) is 99.8 Å². The number of nitrogens with zero attached hydrogens (tertiary/aromatic N) is 1. The van der Waals surface area contributed by atoms with Gasteiger partial charge < -0.3 is 20.7 Å². The predicted molar refractivity (Wildman–Crippen MR) is 111 cm³/mol. The molecule has 0 bridgehead atoms. The van der Waals surface area contributed by atoms with Gasteiger partial charge in [-0.1, -0.05) is 23.9 Å². The third kappa shape index (κ3) is 5.23. The number of thioether (sulfide) groups is 1. The number of hydrogen-bond donors (Lipinski definition) is 3. The van der Waals surface area contributed by atoms with Gasteiger partial charge >= 0.3 is 6.03 Å². The van der Waals surface area contributed by atoms with Gasteiger partial charge in [0.05, 0.1) is 7.11 Å². The Morgan fingerprint density at radius 2 is 1.93 bits per heavy atom. The lowest BCUT2D eigenvalue weighted by Crippen LogP contribution is -2.40. The van der Waals surface area contributed by atoms with Crippen molar-refractivity contribution in [2.75, 3.05) is 13.7 Å². The Bertz CT molecular complexity index is 810. The zero-order chi connectivity index (χ0) is 21.0. The summed E-state index contributed by atoms with van der Waals surface area (Å²) >= 11 is 1.55. The molecule has 0 spiro atoms. The number of benzene rings is 1.